The zero-order chi connectivity index (χ0) is 9.19. The van der Waals surface area contributed by atoms with Crippen LogP contribution in [0.3, 0.4) is 0 Å². The van der Waals surface area contributed by atoms with Gasteiger partial charge in [0.05, 0.1) is 0 Å². The van der Waals surface area contributed by atoms with E-state index < -0.39 is 12.2 Å². The fourth-order valence-electron chi connectivity index (χ4n) is 0.923. The monoisotopic (exact) mass is 195 g/mol. The van der Waals surface area contributed by atoms with Gasteiger partial charge in [-0.25, -0.2) is 0 Å². The van der Waals surface area contributed by atoms with Crippen molar-refractivity contribution in [1.82, 2.24) is 5.32 Å². The minimum absolute atomic E-state index is 0.296. The van der Waals surface area contributed by atoms with Gasteiger partial charge in [0.15, 0.2) is 0 Å². The van der Waals surface area contributed by atoms with E-state index in [1.54, 1.807) is 11.4 Å². The van der Waals surface area contributed by atoms with Crippen LogP contribution in [-0.4, -0.2) is 13.2 Å². The zero-order valence-corrected chi connectivity index (χ0v) is 7.17. The van der Waals surface area contributed by atoms with E-state index in [1.165, 1.54) is 13.1 Å². The van der Waals surface area contributed by atoms with Gasteiger partial charge in [-0.15, -0.1) is 11.3 Å². The Kier molecular flexibility index (Phi) is 2.74. The Balaban J connectivity index is 2.84. The van der Waals surface area contributed by atoms with E-state index in [-0.39, 0.29) is 0 Å². The Bertz CT molecular complexity index is 229. The summed E-state index contributed by atoms with van der Waals surface area (Å²) in [5.41, 5.74) is 0. The molecule has 0 aliphatic carbocycles. The molecule has 1 N–H and O–H groups in total. The maximum absolute atomic E-state index is 12.2. The highest BCUT2D eigenvalue weighted by atomic mass is 32.1. The first-order chi connectivity index (χ1) is 5.55. The van der Waals surface area contributed by atoms with Crippen molar-refractivity contribution in [3.8, 4) is 0 Å². The third-order valence-corrected chi connectivity index (χ3v) is 2.38. The van der Waals surface area contributed by atoms with Crippen LogP contribution in [0.15, 0.2) is 17.5 Å². The molecule has 1 unspecified atom stereocenters. The van der Waals surface area contributed by atoms with Crippen molar-refractivity contribution in [2.45, 2.75) is 12.2 Å². The summed E-state index contributed by atoms with van der Waals surface area (Å²) in [6.45, 7) is 0. The molecule has 1 rings (SSSR count). The molecule has 1 heterocycles. The van der Waals surface area contributed by atoms with Crippen LogP contribution in [0.25, 0.3) is 0 Å². The average molecular weight is 195 g/mol. The van der Waals surface area contributed by atoms with E-state index in [9.17, 15) is 13.2 Å². The van der Waals surface area contributed by atoms with E-state index in [2.05, 4.69) is 5.32 Å². The van der Waals surface area contributed by atoms with E-state index >= 15 is 0 Å². The molecule has 0 aliphatic heterocycles. The molecule has 1 atom stereocenters. The van der Waals surface area contributed by atoms with Crippen LogP contribution in [0.4, 0.5) is 13.2 Å². The van der Waals surface area contributed by atoms with Crippen LogP contribution in [-0.2, 0) is 0 Å². The summed E-state index contributed by atoms with van der Waals surface area (Å²) in [4.78, 5) is 0.296. The lowest BCUT2D eigenvalue weighted by atomic mass is 10.2. The lowest BCUT2D eigenvalue weighted by Gasteiger charge is -2.17. The molecule has 0 aromatic carbocycles. The molecule has 0 saturated heterocycles. The van der Waals surface area contributed by atoms with Gasteiger partial charge >= 0.3 is 6.18 Å². The average Bonchev–Trinajstić information content (AvgIpc) is 2.38. The van der Waals surface area contributed by atoms with Gasteiger partial charge in [-0.2, -0.15) is 13.2 Å². The van der Waals surface area contributed by atoms with Crippen molar-refractivity contribution in [1.29, 1.82) is 0 Å². The second-order valence-electron chi connectivity index (χ2n) is 2.28. The van der Waals surface area contributed by atoms with Crippen molar-refractivity contribution >= 4 is 11.3 Å². The van der Waals surface area contributed by atoms with Crippen molar-refractivity contribution < 1.29 is 13.2 Å². The van der Waals surface area contributed by atoms with Crippen LogP contribution in [0.2, 0.25) is 0 Å². The molecule has 0 aliphatic rings. The lowest BCUT2D eigenvalue weighted by Crippen LogP contribution is -2.30. The van der Waals surface area contributed by atoms with E-state index in [0.29, 0.717) is 4.88 Å². The third kappa shape index (κ3) is 1.98. The van der Waals surface area contributed by atoms with Crippen LogP contribution in [0.5, 0.6) is 0 Å². The first kappa shape index (κ1) is 9.54. The summed E-state index contributed by atoms with van der Waals surface area (Å²) in [5, 5.41) is 3.86. The van der Waals surface area contributed by atoms with Gasteiger partial charge in [0.1, 0.15) is 6.04 Å². The van der Waals surface area contributed by atoms with Crippen molar-refractivity contribution in [2.75, 3.05) is 7.05 Å². The highest BCUT2D eigenvalue weighted by Crippen LogP contribution is 2.34. The number of nitrogens with one attached hydrogen (secondary N) is 1. The van der Waals surface area contributed by atoms with Crippen LogP contribution < -0.4 is 5.32 Å². The van der Waals surface area contributed by atoms with Gasteiger partial charge in [0, 0.05) is 4.88 Å². The Morgan fingerprint density at radius 1 is 1.50 bits per heavy atom. The number of alkyl halides is 3. The fourth-order valence-corrected chi connectivity index (χ4v) is 1.78. The summed E-state index contributed by atoms with van der Waals surface area (Å²) in [6.07, 6.45) is -4.21. The Hall–Kier alpha value is -0.550. The minimum Gasteiger partial charge on any atom is -0.305 e. The maximum atomic E-state index is 12.2. The van der Waals surface area contributed by atoms with Gasteiger partial charge in [-0.05, 0) is 18.5 Å². The Labute approximate surface area is 72.2 Å². The number of thiophene rings is 1. The molecule has 0 bridgehead atoms. The molecule has 0 amide bonds. The molecule has 68 valence electrons. The topological polar surface area (TPSA) is 12.0 Å². The Morgan fingerprint density at radius 3 is 2.50 bits per heavy atom. The van der Waals surface area contributed by atoms with Gasteiger partial charge < -0.3 is 5.32 Å². The largest absolute Gasteiger partial charge is 0.408 e. The molecule has 0 spiro atoms. The second kappa shape index (κ2) is 3.45. The van der Waals surface area contributed by atoms with Gasteiger partial charge in [0.25, 0.3) is 0 Å². The van der Waals surface area contributed by atoms with Crippen molar-refractivity contribution in [2.24, 2.45) is 0 Å². The first-order valence-electron chi connectivity index (χ1n) is 3.33. The molecular formula is C7H8F3NS. The van der Waals surface area contributed by atoms with E-state index in [1.807, 2.05) is 0 Å². The number of rotatable bonds is 2. The van der Waals surface area contributed by atoms with Crippen LogP contribution in [0.1, 0.15) is 10.9 Å². The Morgan fingerprint density at radius 2 is 2.17 bits per heavy atom. The molecule has 1 aromatic heterocycles. The van der Waals surface area contributed by atoms with Gasteiger partial charge in [-0.1, -0.05) is 6.07 Å². The quantitative estimate of drug-likeness (QED) is 0.764. The number of halogens is 3. The lowest BCUT2D eigenvalue weighted by molar-refractivity contribution is -0.155. The predicted octanol–water partition coefficient (Wildman–Crippen LogP) is 2.57. The summed E-state index contributed by atoms with van der Waals surface area (Å²) in [6, 6.07) is 1.55. The fraction of sp³-hybridized carbons (Fsp3) is 0.429. The van der Waals surface area contributed by atoms with E-state index in [4.69, 9.17) is 0 Å². The molecule has 5 heteroatoms. The van der Waals surface area contributed by atoms with E-state index in [0.717, 1.165) is 11.3 Å². The molecule has 0 fully saturated rings. The van der Waals surface area contributed by atoms with Crippen LogP contribution in [0, 0.1) is 0 Å². The predicted molar refractivity (Wildman–Crippen MR) is 42.2 cm³/mol. The normalized spacial score (nSPS) is 14.7. The highest BCUT2D eigenvalue weighted by Gasteiger charge is 2.40. The molecular weight excluding hydrogens is 187 g/mol. The SMILES string of the molecule is CNC(c1cccs1)C(F)(F)F. The summed E-state index contributed by atoms with van der Waals surface area (Å²) in [7, 11) is 1.30. The number of hydrogen-bond donors (Lipinski definition) is 1. The first-order valence-corrected chi connectivity index (χ1v) is 4.21. The molecule has 0 radical (unpaired) electrons. The van der Waals surface area contributed by atoms with Gasteiger partial charge in [0.2, 0.25) is 0 Å². The zero-order valence-electron chi connectivity index (χ0n) is 6.35. The van der Waals surface area contributed by atoms with Gasteiger partial charge in [-0.3, -0.25) is 0 Å². The summed E-state index contributed by atoms with van der Waals surface area (Å²) < 4.78 is 36.7. The molecule has 1 nitrogen and oxygen atoms in total. The molecule has 12 heavy (non-hydrogen) atoms. The third-order valence-electron chi connectivity index (χ3n) is 1.44. The maximum Gasteiger partial charge on any atom is 0.408 e. The smallest absolute Gasteiger partial charge is 0.305 e. The summed E-state index contributed by atoms with van der Waals surface area (Å²) >= 11 is 1.10. The standard InChI is InChI=1S/C7H8F3NS/c1-11-6(7(8,9)10)5-3-2-4-12-5/h2-4,6,11H,1H3. The minimum atomic E-state index is -4.21. The molecule has 1 aromatic rings. The summed E-state index contributed by atoms with van der Waals surface area (Å²) in [5.74, 6) is 0. The second-order valence-corrected chi connectivity index (χ2v) is 3.26. The van der Waals surface area contributed by atoms with Crippen molar-refractivity contribution in [3.05, 3.63) is 22.4 Å². The highest BCUT2D eigenvalue weighted by molar-refractivity contribution is 7.10. The van der Waals surface area contributed by atoms with Crippen LogP contribution >= 0.6 is 11.3 Å². The van der Waals surface area contributed by atoms with Crippen molar-refractivity contribution in [3.63, 3.8) is 0 Å². The molecule has 0 saturated carbocycles. The number of hydrogen-bond acceptors (Lipinski definition) is 2.